The van der Waals surface area contributed by atoms with Crippen molar-refractivity contribution in [3.8, 4) is 11.5 Å². The number of thiophene rings is 1. The Bertz CT molecular complexity index is 935. The van der Waals surface area contributed by atoms with Crippen LogP contribution in [0.5, 0.6) is 11.5 Å². The van der Waals surface area contributed by atoms with E-state index in [9.17, 15) is 23.1 Å². The monoisotopic (exact) mass is 430 g/mol. The van der Waals surface area contributed by atoms with Crippen molar-refractivity contribution in [1.29, 1.82) is 0 Å². The first-order chi connectivity index (χ1) is 13.2. The van der Waals surface area contributed by atoms with E-state index in [0.29, 0.717) is 17.1 Å². The molecular weight excluding hydrogens is 417 g/mol. The third-order valence-corrected chi connectivity index (χ3v) is 5.71. The van der Waals surface area contributed by atoms with Crippen molar-refractivity contribution < 1.29 is 32.5 Å². The van der Waals surface area contributed by atoms with Crippen LogP contribution in [0, 0.1) is 5.92 Å². The van der Waals surface area contributed by atoms with Crippen molar-refractivity contribution in [2.75, 3.05) is 6.79 Å². The minimum absolute atomic E-state index is 0.0130. The summed E-state index contributed by atoms with van der Waals surface area (Å²) in [6.45, 7) is -0.0130. The van der Waals surface area contributed by atoms with Crippen molar-refractivity contribution in [2.45, 2.75) is 17.9 Å². The quantitative estimate of drug-likeness (QED) is 0.511. The summed E-state index contributed by atoms with van der Waals surface area (Å²) in [6, 6.07) is 6.22. The molecule has 148 valence electrons. The summed E-state index contributed by atoms with van der Waals surface area (Å²) in [6.07, 6.45) is -5.16. The molecule has 3 atom stereocenters. The first kappa shape index (κ1) is 19.0. The number of hydrogen-bond donors (Lipinski definition) is 3. The summed E-state index contributed by atoms with van der Waals surface area (Å²) in [5.74, 6) is -2.02. The molecule has 0 amide bonds. The Balaban J connectivity index is 1.84. The lowest BCUT2D eigenvalue weighted by Gasteiger charge is -2.46. The highest BCUT2D eigenvalue weighted by atomic mass is 32.1. The number of carbonyl (C=O) groups excluding carboxylic acids is 1. The van der Waals surface area contributed by atoms with Crippen LogP contribution in [0.4, 0.5) is 13.2 Å². The molecule has 2 aliphatic rings. The van der Waals surface area contributed by atoms with Gasteiger partial charge < -0.3 is 25.2 Å². The Labute approximate surface area is 166 Å². The number of nitrogens with one attached hydrogen (secondary N) is 2. The average molecular weight is 430 g/mol. The van der Waals surface area contributed by atoms with Crippen molar-refractivity contribution in [1.82, 2.24) is 10.6 Å². The number of halogens is 3. The van der Waals surface area contributed by atoms with Gasteiger partial charge in [-0.25, -0.2) is 0 Å². The minimum atomic E-state index is -5.16. The predicted octanol–water partition coefficient (Wildman–Crippen LogP) is 2.75. The predicted molar refractivity (Wildman–Crippen MR) is 97.3 cm³/mol. The normalized spacial score (nSPS) is 26.5. The number of Topliss-reactive ketones (excluding diaryl/α,β-unsaturated/α-hetero) is 1. The molecule has 1 saturated heterocycles. The zero-order valence-corrected chi connectivity index (χ0v) is 15.6. The molecule has 6 nitrogen and oxygen atoms in total. The van der Waals surface area contributed by atoms with Crippen molar-refractivity contribution in [2.24, 2.45) is 5.92 Å². The second kappa shape index (κ2) is 6.61. The highest BCUT2D eigenvalue weighted by Gasteiger charge is 2.65. The van der Waals surface area contributed by atoms with Gasteiger partial charge in [-0.3, -0.25) is 4.79 Å². The van der Waals surface area contributed by atoms with E-state index >= 15 is 0 Å². The number of rotatable bonds is 3. The molecule has 4 rings (SSSR count). The second-order valence-corrected chi connectivity index (χ2v) is 7.63. The molecule has 11 heteroatoms. The van der Waals surface area contributed by atoms with Gasteiger partial charge in [0.05, 0.1) is 10.9 Å². The van der Waals surface area contributed by atoms with E-state index in [1.807, 2.05) is 5.32 Å². The Kier molecular flexibility index (Phi) is 4.47. The van der Waals surface area contributed by atoms with Crippen LogP contribution in [0.3, 0.4) is 0 Å². The maximum atomic E-state index is 13.9. The lowest BCUT2D eigenvalue weighted by atomic mass is 9.78. The van der Waals surface area contributed by atoms with Gasteiger partial charge in [0.15, 0.2) is 22.4 Å². The number of carbonyl (C=O) groups is 1. The fourth-order valence-corrected chi connectivity index (χ4v) is 4.28. The van der Waals surface area contributed by atoms with Crippen LogP contribution in [0.1, 0.15) is 21.3 Å². The molecule has 0 unspecified atom stereocenters. The number of hydrogen-bond acceptors (Lipinski definition) is 6. The van der Waals surface area contributed by atoms with Crippen LogP contribution in [0.25, 0.3) is 0 Å². The molecule has 2 aliphatic heterocycles. The number of fused-ring (bicyclic) bond motifs is 1. The smallest absolute Gasteiger partial charge is 0.437 e. The number of aliphatic hydroxyl groups is 1. The summed E-state index contributed by atoms with van der Waals surface area (Å²) in [7, 11) is 0. The summed E-state index contributed by atoms with van der Waals surface area (Å²) in [5, 5.41) is 16.3. The summed E-state index contributed by atoms with van der Waals surface area (Å²) in [5.41, 5.74) is -3.25. The van der Waals surface area contributed by atoms with Crippen LogP contribution in [-0.2, 0) is 0 Å². The van der Waals surface area contributed by atoms with Gasteiger partial charge >= 0.3 is 6.18 Å². The molecule has 2 aromatic rings. The summed E-state index contributed by atoms with van der Waals surface area (Å²) in [4.78, 5) is 13.1. The molecule has 0 saturated carbocycles. The zero-order valence-electron chi connectivity index (χ0n) is 13.9. The van der Waals surface area contributed by atoms with E-state index < -0.39 is 34.8 Å². The lowest BCUT2D eigenvalue weighted by molar-refractivity contribution is -0.285. The Morgan fingerprint density at radius 1 is 1.29 bits per heavy atom. The van der Waals surface area contributed by atoms with Gasteiger partial charge in [0.25, 0.3) is 0 Å². The molecule has 3 heterocycles. The fraction of sp³-hybridized carbons (Fsp3) is 0.294. The maximum Gasteiger partial charge on any atom is 0.437 e. The molecule has 0 bridgehead atoms. The van der Waals surface area contributed by atoms with Crippen molar-refractivity contribution in [3.05, 3.63) is 46.2 Å². The number of benzene rings is 1. The largest absolute Gasteiger partial charge is 0.454 e. The van der Waals surface area contributed by atoms with Crippen LogP contribution in [0.15, 0.2) is 35.7 Å². The molecule has 0 radical (unpaired) electrons. The van der Waals surface area contributed by atoms with Gasteiger partial charge in [-0.2, -0.15) is 13.2 Å². The van der Waals surface area contributed by atoms with E-state index in [4.69, 9.17) is 21.7 Å². The van der Waals surface area contributed by atoms with Crippen LogP contribution < -0.4 is 20.1 Å². The zero-order chi connectivity index (χ0) is 20.1. The Morgan fingerprint density at radius 2 is 2.04 bits per heavy atom. The second-order valence-electron chi connectivity index (χ2n) is 6.27. The minimum Gasteiger partial charge on any atom is -0.454 e. The average Bonchev–Trinajstić information content (AvgIpc) is 3.30. The van der Waals surface area contributed by atoms with Crippen LogP contribution in [0.2, 0.25) is 0 Å². The maximum absolute atomic E-state index is 13.9. The van der Waals surface area contributed by atoms with Crippen LogP contribution in [-0.4, -0.2) is 34.7 Å². The molecule has 1 fully saturated rings. The third-order valence-electron chi connectivity index (χ3n) is 4.61. The lowest BCUT2D eigenvalue weighted by Crippen LogP contribution is -2.72. The number of thiocarbonyl (C=S) groups is 1. The summed E-state index contributed by atoms with van der Waals surface area (Å²) < 4.78 is 52.1. The van der Waals surface area contributed by atoms with E-state index in [0.717, 1.165) is 11.3 Å². The van der Waals surface area contributed by atoms with E-state index in [2.05, 4.69) is 5.32 Å². The van der Waals surface area contributed by atoms with E-state index in [-0.39, 0.29) is 11.7 Å². The Hall–Kier alpha value is -2.37. The van der Waals surface area contributed by atoms with Gasteiger partial charge in [-0.05, 0) is 41.4 Å². The summed E-state index contributed by atoms with van der Waals surface area (Å²) >= 11 is 5.89. The Morgan fingerprint density at radius 3 is 2.71 bits per heavy atom. The van der Waals surface area contributed by atoms with Gasteiger partial charge in [0.2, 0.25) is 12.5 Å². The topological polar surface area (TPSA) is 79.8 Å². The van der Waals surface area contributed by atoms with Crippen LogP contribution >= 0.6 is 23.6 Å². The van der Waals surface area contributed by atoms with Gasteiger partial charge in [0, 0.05) is 0 Å². The first-order valence-electron chi connectivity index (χ1n) is 8.06. The van der Waals surface area contributed by atoms with Crippen molar-refractivity contribution >= 4 is 34.5 Å². The van der Waals surface area contributed by atoms with Gasteiger partial charge in [0.1, 0.15) is 5.92 Å². The number of ether oxygens (including phenoxy) is 2. The highest BCUT2D eigenvalue weighted by Crippen LogP contribution is 2.45. The molecule has 28 heavy (non-hydrogen) atoms. The van der Waals surface area contributed by atoms with Gasteiger partial charge in [-0.1, -0.05) is 12.1 Å². The molecule has 1 aromatic heterocycles. The highest BCUT2D eigenvalue weighted by molar-refractivity contribution is 7.80. The number of alkyl halides is 3. The first-order valence-corrected chi connectivity index (χ1v) is 9.34. The standard InChI is InChI=1S/C17H13F3N2O4S2/c18-17(19,20)16(24)12(14(23)11-2-1-5-28-11)13(21-15(27)22-16)8-3-4-9-10(6-8)26-7-25-9/h1-6,12-13,24H,7H2,(H2,21,22,27)/t12-,13-,16-/m0/s1. The SMILES string of the molecule is O=C(c1cccs1)[C@@H]1[C@H](c2ccc3c(c2)OCO3)NC(=S)N[C@@]1(O)C(F)(F)F. The molecule has 3 N–H and O–H groups in total. The van der Waals surface area contributed by atoms with Crippen molar-refractivity contribution in [3.63, 3.8) is 0 Å². The van der Waals surface area contributed by atoms with E-state index in [1.165, 1.54) is 24.3 Å². The number of ketones is 1. The van der Waals surface area contributed by atoms with Gasteiger partial charge in [-0.15, -0.1) is 11.3 Å². The fourth-order valence-electron chi connectivity index (χ4n) is 3.30. The molecule has 0 spiro atoms. The molecular formula is C17H13F3N2O4S2. The third kappa shape index (κ3) is 2.99. The molecule has 1 aromatic carbocycles. The molecule has 0 aliphatic carbocycles. The van der Waals surface area contributed by atoms with E-state index in [1.54, 1.807) is 11.4 Å².